The Morgan fingerprint density at radius 3 is 2.67 bits per heavy atom. The monoisotopic (exact) mass is 206 g/mol. The van der Waals surface area contributed by atoms with Crippen LogP contribution in [0.25, 0.3) is 6.08 Å². The summed E-state index contributed by atoms with van der Waals surface area (Å²) < 4.78 is 9.75. The summed E-state index contributed by atoms with van der Waals surface area (Å²) in [6.07, 6.45) is 3.05. The molecule has 0 N–H and O–H groups in total. The molecule has 0 aliphatic rings. The summed E-state index contributed by atoms with van der Waals surface area (Å²) in [6.45, 7) is 1.95. The van der Waals surface area contributed by atoms with Gasteiger partial charge in [-0.15, -0.1) is 0 Å². The van der Waals surface area contributed by atoms with Gasteiger partial charge in [0.05, 0.1) is 14.2 Å². The van der Waals surface area contributed by atoms with Gasteiger partial charge in [-0.05, 0) is 18.6 Å². The van der Waals surface area contributed by atoms with Crippen molar-refractivity contribution in [3.8, 4) is 5.75 Å². The van der Waals surface area contributed by atoms with E-state index in [1.165, 1.54) is 13.2 Å². The summed E-state index contributed by atoms with van der Waals surface area (Å²) in [4.78, 5) is 10.9. The van der Waals surface area contributed by atoms with E-state index in [0.29, 0.717) is 0 Å². The zero-order valence-electron chi connectivity index (χ0n) is 9.11. The number of rotatable bonds is 3. The zero-order valence-corrected chi connectivity index (χ0v) is 9.11. The summed E-state index contributed by atoms with van der Waals surface area (Å²) in [5.74, 6) is 0.399. The number of methoxy groups -OCH3 is 2. The zero-order chi connectivity index (χ0) is 11.3. The number of hydrogen-bond donors (Lipinski definition) is 0. The minimum absolute atomic E-state index is 0.376. The van der Waals surface area contributed by atoms with Crippen LogP contribution in [-0.2, 0) is 9.53 Å². The molecule has 0 saturated heterocycles. The summed E-state index contributed by atoms with van der Waals surface area (Å²) in [5, 5.41) is 0. The molecule has 0 spiro atoms. The van der Waals surface area contributed by atoms with E-state index in [-0.39, 0.29) is 5.97 Å². The van der Waals surface area contributed by atoms with Crippen LogP contribution in [0.5, 0.6) is 5.75 Å². The molecule has 0 heterocycles. The number of para-hydroxylation sites is 1. The van der Waals surface area contributed by atoms with Gasteiger partial charge in [0.2, 0.25) is 0 Å². The largest absolute Gasteiger partial charge is 0.496 e. The molecule has 3 nitrogen and oxygen atoms in total. The van der Waals surface area contributed by atoms with E-state index in [1.54, 1.807) is 13.2 Å². The Morgan fingerprint density at radius 2 is 2.07 bits per heavy atom. The van der Waals surface area contributed by atoms with Gasteiger partial charge < -0.3 is 9.47 Å². The van der Waals surface area contributed by atoms with Crippen molar-refractivity contribution in [2.24, 2.45) is 0 Å². The van der Waals surface area contributed by atoms with Crippen LogP contribution in [0.3, 0.4) is 0 Å². The quantitative estimate of drug-likeness (QED) is 0.561. The molecule has 3 heteroatoms. The Labute approximate surface area is 89.3 Å². The molecular formula is C12H14O3. The fraction of sp³-hybridized carbons (Fsp3) is 0.250. The number of carbonyl (C=O) groups excluding carboxylic acids is 1. The summed E-state index contributed by atoms with van der Waals surface area (Å²) >= 11 is 0. The molecule has 1 aromatic carbocycles. The molecule has 0 fully saturated rings. The normalized spacial score (nSPS) is 10.3. The highest BCUT2D eigenvalue weighted by atomic mass is 16.5. The first-order valence-electron chi connectivity index (χ1n) is 4.58. The van der Waals surface area contributed by atoms with Crippen LogP contribution < -0.4 is 4.74 Å². The molecule has 0 atom stereocenters. The maximum absolute atomic E-state index is 10.9. The highest BCUT2D eigenvalue weighted by Crippen LogP contribution is 2.23. The van der Waals surface area contributed by atoms with Crippen LogP contribution in [0.15, 0.2) is 24.3 Å². The number of esters is 1. The third-order valence-electron chi connectivity index (χ3n) is 2.05. The number of ether oxygens (including phenoxy) is 2. The Bertz CT molecular complexity index is 380. The highest BCUT2D eigenvalue weighted by Gasteiger charge is 2.02. The highest BCUT2D eigenvalue weighted by molar-refractivity contribution is 5.87. The molecule has 0 aliphatic carbocycles. The summed E-state index contributed by atoms with van der Waals surface area (Å²) in [7, 11) is 2.96. The molecule has 0 aliphatic heterocycles. The average molecular weight is 206 g/mol. The van der Waals surface area contributed by atoms with Gasteiger partial charge in [-0.25, -0.2) is 4.79 Å². The molecule has 1 aromatic rings. The second-order valence-corrected chi connectivity index (χ2v) is 3.05. The van der Waals surface area contributed by atoms with Crippen LogP contribution in [0.2, 0.25) is 0 Å². The minimum Gasteiger partial charge on any atom is -0.496 e. The van der Waals surface area contributed by atoms with Crippen molar-refractivity contribution < 1.29 is 14.3 Å². The van der Waals surface area contributed by atoms with E-state index in [0.717, 1.165) is 16.9 Å². The van der Waals surface area contributed by atoms with E-state index in [1.807, 2.05) is 25.1 Å². The van der Waals surface area contributed by atoms with E-state index in [4.69, 9.17) is 4.74 Å². The average Bonchev–Trinajstić information content (AvgIpc) is 2.25. The molecule has 0 unspecified atom stereocenters. The van der Waals surface area contributed by atoms with Gasteiger partial charge in [-0.1, -0.05) is 18.2 Å². The maximum atomic E-state index is 10.9. The molecular weight excluding hydrogens is 192 g/mol. The second kappa shape index (κ2) is 5.20. The fourth-order valence-corrected chi connectivity index (χ4v) is 1.31. The van der Waals surface area contributed by atoms with Gasteiger partial charge in [0.25, 0.3) is 0 Å². The number of benzene rings is 1. The molecule has 0 bridgehead atoms. The molecule has 80 valence electrons. The first kappa shape index (κ1) is 11.3. The Balaban J connectivity index is 2.99. The van der Waals surface area contributed by atoms with Crippen molar-refractivity contribution in [3.05, 3.63) is 35.4 Å². The van der Waals surface area contributed by atoms with Crippen LogP contribution in [0.1, 0.15) is 11.1 Å². The lowest BCUT2D eigenvalue weighted by Gasteiger charge is -2.07. The third kappa shape index (κ3) is 2.84. The van der Waals surface area contributed by atoms with Gasteiger partial charge in [-0.2, -0.15) is 0 Å². The number of aryl methyl sites for hydroxylation is 1. The Kier molecular flexibility index (Phi) is 3.92. The maximum Gasteiger partial charge on any atom is 0.330 e. The first-order valence-corrected chi connectivity index (χ1v) is 4.58. The van der Waals surface area contributed by atoms with Gasteiger partial charge in [0.15, 0.2) is 0 Å². The Hall–Kier alpha value is -1.77. The van der Waals surface area contributed by atoms with Crippen LogP contribution in [0.4, 0.5) is 0 Å². The predicted molar refractivity (Wildman–Crippen MR) is 58.8 cm³/mol. The smallest absolute Gasteiger partial charge is 0.330 e. The van der Waals surface area contributed by atoms with Gasteiger partial charge in [0, 0.05) is 11.6 Å². The fourth-order valence-electron chi connectivity index (χ4n) is 1.31. The van der Waals surface area contributed by atoms with Gasteiger partial charge in [0.1, 0.15) is 5.75 Å². The molecule has 0 saturated carbocycles. The lowest BCUT2D eigenvalue weighted by atomic mass is 10.1. The molecule has 15 heavy (non-hydrogen) atoms. The van der Waals surface area contributed by atoms with Crippen molar-refractivity contribution >= 4 is 12.0 Å². The van der Waals surface area contributed by atoms with Crippen molar-refractivity contribution in [3.63, 3.8) is 0 Å². The van der Waals surface area contributed by atoms with E-state index in [2.05, 4.69) is 4.74 Å². The first-order chi connectivity index (χ1) is 7.19. The molecule has 1 rings (SSSR count). The van der Waals surface area contributed by atoms with Crippen molar-refractivity contribution in [2.45, 2.75) is 6.92 Å². The van der Waals surface area contributed by atoms with Crippen LogP contribution >= 0.6 is 0 Å². The lowest BCUT2D eigenvalue weighted by Crippen LogP contribution is -1.94. The minimum atomic E-state index is -0.376. The van der Waals surface area contributed by atoms with Crippen LogP contribution in [0, 0.1) is 6.92 Å². The third-order valence-corrected chi connectivity index (χ3v) is 2.05. The van der Waals surface area contributed by atoms with E-state index >= 15 is 0 Å². The predicted octanol–water partition coefficient (Wildman–Crippen LogP) is 2.19. The van der Waals surface area contributed by atoms with Crippen molar-refractivity contribution in [1.29, 1.82) is 0 Å². The Morgan fingerprint density at radius 1 is 1.33 bits per heavy atom. The molecule has 0 aromatic heterocycles. The number of hydrogen-bond acceptors (Lipinski definition) is 3. The van der Waals surface area contributed by atoms with E-state index in [9.17, 15) is 4.79 Å². The van der Waals surface area contributed by atoms with E-state index < -0.39 is 0 Å². The molecule has 0 radical (unpaired) electrons. The van der Waals surface area contributed by atoms with Gasteiger partial charge in [-0.3, -0.25) is 0 Å². The summed E-state index contributed by atoms with van der Waals surface area (Å²) in [5.41, 5.74) is 1.90. The number of carbonyl (C=O) groups is 1. The second-order valence-electron chi connectivity index (χ2n) is 3.05. The van der Waals surface area contributed by atoms with Crippen molar-refractivity contribution in [1.82, 2.24) is 0 Å². The SMILES string of the molecule is COC(=O)/C=C\c1cccc(C)c1OC. The topological polar surface area (TPSA) is 35.5 Å². The summed E-state index contributed by atoms with van der Waals surface area (Å²) in [6, 6.07) is 5.74. The standard InChI is InChI=1S/C12H14O3/c1-9-5-4-6-10(12(9)15-3)7-8-11(13)14-2/h4-8H,1-3H3/b8-7-. The van der Waals surface area contributed by atoms with Crippen LogP contribution in [-0.4, -0.2) is 20.2 Å². The molecule has 0 amide bonds. The lowest BCUT2D eigenvalue weighted by molar-refractivity contribution is -0.134. The van der Waals surface area contributed by atoms with Gasteiger partial charge >= 0.3 is 5.97 Å². The van der Waals surface area contributed by atoms with Crippen molar-refractivity contribution in [2.75, 3.05) is 14.2 Å².